The fourth-order valence-corrected chi connectivity index (χ4v) is 3.78. The van der Waals surface area contributed by atoms with Crippen molar-refractivity contribution in [3.63, 3.8) is 0 Å². The van der Waals surface area contributed by atoms with E-state index in [9.17, 15) is 14.0 Å². The Labute approximate surface area is 213 Å². The van der Waals surface area contributed by atoms with E-state index in [2.05, 4.69) is 4.98 Å². The number of aromatic nitrogens is 1. The number of halogens is 1. The monoisotopic (exact) mass is 510 g/mol. The number of carboxylic acid groups (broad SMARTS) is 1. The van der Waals surface area contributed by atoms with Crippen LogP contribution in [0.15, 0.2) is 67.0 Å². The van der Waals surface area contributed by atoms with Gasteiger partial charge in [-0.15, -0.1) is 0 Å². The van der Waals surface area contributed by atoms with Crippen LogP contribution in [0.2, 0.25) is 0 Å². The van der Waals surface area contributed by atoms with Crippen LogP contribution in [0.5, 0.6) is 17.2 Å². The van der Waals surface area contributed by atoms with E-state index in [1.165, 1.54) is 24.5 Å². The number of carbonyl (C=O) groups is 2. The molecule has 1 aliphatic rings. The highest BCUT2D eigenvalue weighted by Crippen LogP contribution is 2.23. The lowest BCUT2D eigenvalue weighted by Gasteiger charge is -2.31. The van der Waals surface area contributed by atoms with E-state index in [-0.39, 0.29) is 30.9 Å². The van der Waals surface area contributed by atoms with Crippen molar-refractivity contribution in [3.8, 4) is 17.2 Å². The van der Waals surface area contributed by atoms with Crippen molar-refractivity contribution in [1.29, 1.82) is 0 Å². The van der Waals surface area contributed by atoms with E-state index >= 15 is 0 Å². The zero-order valence-corrected chi connectivity index (χ0v) is 20.0. The molecule has 0 radical (unpaired) electrons. The zero-order chi connectivity index (χ0) is 26.0. The van der Waals surface area contributed by atoms with Gasteiger partial charge in [-0.2, -0.15) is 0 Å². The molecule has 1 N–H and O–H groups in total. The van der Waals surface area contributed by atoms with E-state index in [1.807, 2.05) is 12.1 Å². The molecule has 1 fully saturated rings. The summed E-state index contributed by atoms with van der Waals surface area (Å²) in [7, 11) is 0. The Balaban J connectivity index is 1.19. The zero-order valence-electron chi connectivity index (χ0n) is 20.0. The first-order chi connectivity index (χ1) is 17.9. The number of aliphatic carboxylic acids is 1. The van der Waals surface area contributed by atoms with Crippen molar-refractivity contribution in [2.75, 3.05) is 19.7 Å². The van der Waals surface area contributed by atoms with Crippen molar-refractivity contribution in [3.05, 3.63) is 83.9 Å². The number of hydrogen-bond donors (Lipinski definition) is 1. The Morgan fingerprint density at radius 1 is 0.946 bits per heavy atom. The Morgan fingerprint density at radius 3 is 2.43 bits per heavy atom. The number of piperidine rings is 1. The Bertz CT molecular complexity index is 1200. The van der Waals surface area contributed by atoms with Gasteiger partial charge in [0.2, 0.25) is 0 Å². The summed E-state index contributed by atoms with van der Waals surface area (Å²) < 4.78 is 35.5. The van der Waals surface area contributed by atoms with Crippen LogP contribution in [0.3, 0.4) is 0 Å². The van der Waals surface area contributed by atoms with E-state index in [0.717, 1.165) is 5.56 Å². The highest BCUT2D eigenvalue weighted by atomic mass is 19.1. The summed E-state index contributed by atoms with van der Waals surface area (Å²) in [5.74, 6) is 0.259. The lowest BCUT2D eigenvalue weighted by molar-refractivity contribution is -0.142. The van der Waals surface area contributed by atoms with E-state index < -0.39 is 18.7 Å². The van der Waals surface area contributed by atoms with Crippen molar-refractivity contribution < 1.29 is 38.0 Å². The topological polar surface area (TPSA) is 107 Å². The Morgan fingerprint density at radius 2 is 1.70 bits per heavy atom. The number of benzene rings is 2. The molecular formula is C27H27FN2O7. The number of carboxylic acids is 1. The van der Waals surface area contributed by atoms with Gasteiger partial charge < -0.3 is 29.0 Å². The molecule has 10 heteroatoms. The summed E-state index contributed by atoms with van der Waals surface area (Å²) in [5.41, 5.74) is 1.35. The standard InChI is InChI=1S/C27H27FN2O7/c28-21-3-1-2-19(12-21)17-35-22-4-6-23(7-5-22)36-24-8-10-30(11-9-24)27(33)37-25-13-20(14-29-15-25)16-34-18-26(31)32/h1-7,12-15,24H,8-11,16-18H2,(H,31,32). The van der Waals surface area contributed by atoms with Gasteiger partial charge >= 0.3 is 12.1 Å². The molecule has 1 aliphatic heterocycles. The van der Waals surface area contributed by atoms with E-state index in [1.54, 1.807) is 35.2 Å². The lowest BCUT2D eigenvalue weighted by Crippen LogP contribution is -2.43. The van der Waals surface area contributed by atoms with E-state index in [0.29, 0.717) is 43.0 Å². The molecule has 4 rings (SSSR count). The van der Waals surface area contributed by atoms with Gasteiger partial charge in [0.15, 0.2) is 5.75 Å². The molecule has 37 heavy (non-hydrogen) atoms. The smallest absolute Gasteiger partial charge is 0.415 e. The Kier molecular flexibility index (Phi) is 8.88. The minimum absolute atomic E-state index is 0.0421. The van der Waals surface area contributed by atoms with Gasteiger partial charge in [0.1, 0.15) is 36.6 Å². The molecule has 0 saturated carbocycles. The summed E-state index contributed by atoms with van der Waals surface area (Å²) in [5, 5.41) is 8.65. The maximum absolute atomic E-state index is 13.3. The molecule has 2 aromatic carbocycles. The van der Waals surface area contributed by atoms with Crippen LogP contribution in [0.4, 0.5) is 9.18 Å². The molecule has 9 nitrogen and oxygen atoms in total. The number of likely N-dealkylation sites (tertiary alicyclic amines) is 1. The van der Waals surface area contributed by atoms with Gasteiger partial charge in [0.25, 0.3) is 0 Å². The summed E-state index contributed by atoms with van der Waals surface area (Å²) in [6, 6.07) is 15.1. The highest BCUT2D eigenvalue weighted by Gasteiger charge is 2.25. The molecule has 0 unspecified atom stereocenters. The number of hydrogen-bond acceptors (Lipinski definition) is 7. The van der Waals surface area contributed by atoms with Crippen LogP contribution in [-0.2, 0) is 22.7 Å². The van der Waals surface area contributed by atoms with Crippen molar-refractivity contribution in [2.24, 2.45) is 0 Å². The highest BCUT2D eigenvalue weighted by molar-refractivity contribution is 5.70. The van der Waals surface area contributed by atoms with E-state index in [4.69, 9.17) is 24.1 Å². The average molecular weight is 511 g/mol. The van der Waals surface area contributed by atoms with Gasteiger partial charge in [0, 0.05) is 32.1 Å². The van der Waals surface area contributed by atoms with Gasteiger partial charge in [-0.05, 0) is 53.6 Å². The Hall–Kier alpha value is -4.18. The first-order valence-corrected chi connectivity index (χ1v) is 11.8. The fraction of sp³-hybridized carbons (Fsp3) is 0.296. The summed E-state index contributed by atoms with van der Waals surface area (Å²) in [4.78, 5) is 28.7. The van der Waals surface area contributed by atoms with Crippen LogP contribution in [-0.4, -0.2) is 52.9 Å². The normalized spacial score (nSPS) is 13.7. The van der Waals surface area contributed by atoms with Crippen LogP contribution < -0.4 is 14.2 Å². The second kappa shape index (κ2) is 12.7. The van der Waals surface area contributed by atoms with Gasteiger partial charge in [-0.25, -0.2) is 14.0 Å². The third-order valence-electron chi connectivity index (χ3n) is 5.59. The van der Waals surface area contributed by atoms with Crippen LogP contribution in [0, 0.1) is 5.82 Å². The van der Waals surface area contributed by atoms with Crippen LogP contribution >= 0.6 is 0 Å². The van der Waals surface area contributed by atoms with Crippen molar-refractivity contribution in [1.82, 2.24) is 9.88 Å². The molecule has 1 aromatic heterocycles. The molecule has 1 saturated heterocycles. The number of nitrogens with zero attached hydrogens (tertiary/aromatic N) is 2. The van der Waals surface area contributed by atoms with Gasteiger partial charge in [-0.3, -0.25) is 4.98 Å². The third kappa shape index (κ3) is 8.18. The molecule has 3 aromatic rings. The van der Waals surface area contributed by atoms with Crippen LogP contribution in [0.1, 0.15) is 24.0 Å². The maximum Gasteiger partial charge on any atom is 0.415 e. The molecule has 0 bridgehead atoms. The predicted molar refractivity (Wildman–Crippen MR) is 130 cm³/mol. The third-order valence-corrected chi connectivity index (χ3v) is 5.59. The summed E-state index contributed by atoms with van der Waals surface area (Å²) in [6.45, 7) is 0.856. The quantitative estimate of drug-likeness (QED) is 0.427. The minimum atomic E-state index is -1.06. The molecule has 1 amide bonds. The second-order valence-corrected chi connectivity index (χ2v) is 8.48. The number of pyridine rings is 1. The number of carbonyl (C=O) groups excluding carboxylic acids is 1. The maximum atomic E-state index is 13.3. The first-order valence-electron chi connectivity index (χ1n) is 11.8. The molecule has 194 valence electrons. The second-order valence-electron chi connectivity index (χ2n) is 8.48. The fourth-order valence-electron chi connectivity index (χ4n) is 3.78. The molecule has 0 spiro atoms. The summed E-state index contributed by atoms with van der Waals surface area (Å²) in [6.07, 6.45) is 3.70. The predicted octanol–water partition coefficient (Wildman–Crippen LogP) is 4.44. The molecule has 0 aliphatic carbocycles. The first kappa shape index (κ1) is 25.9. The molecule has 2 heterocycles. The lowest BCUT2D eigenvalue weighted by atomic mass is 10.1. The van der Waals surface area contributed by atoms with Gasteiger partial charge in [0.05, 0.1) is 12.8 Å². The van der Waals surface area contributed by atoms with Crippen molar-refractivity contribution >= 4 is 12.1 Å². The van der Waals surface area contributed by atoms with Crippen molar-refractivity contribution in [2.45, 2.75) is 32.2 Å². The van der Waals surface area contributed by atoms with Crippen LogP contribution in [0.25, 0.3) is 0 Å². The number of rotatable bonds is 10. The molecular weight excluding hydrogens is 483 g/mol. The SMILES string of the molecule is O=C(O)COCc1cncc(OC(=O)N2CCC(Oc3ccc(OCc4cccc(F)c4)cc3)CC2)c1. The van der Waals surface area contributed by atoms with Gasteiger partial charge in [-0.1, -0.05) is 12.1 Å². The number of amides is 1. The largest absolute Gasteiger partial charge is 0.490 e. The average Bonchev–Trinajstić information content (AvgIpc) is 2.89. The number of ether oxygens (including phenoxy) is 4. The molecule has 0 atom stereocenters. The summed E-state index contributed by atoms with van der Waals surface area (Å²) >= 11 is 0. The minimum Gasteiger partial charge on any atom is -0.490 e.